The summed E-state index contributed by atoms with van der Waals surface area (Å²) in [4.78, 5) is 26.2. The Bertz CT molecular complexity index is 592. The third kappa shape index (κ3) is 3.97. The molecule has 1 heterocycles. The molecule has 0 bridgehead atoms. The smallest absolute Gasteiger partial charge is 0.227 e. The summed E-state index contributed by atoms with van der Waals surface area (Å²) in [7, 11) is 0. The van der Waals surface area contributed by atoms with Crippen LogP contribution in [0.25, 0.3) is 0 Å². The third-order valence-electron chi connectivity index (χ3n) is 4.41. The number of nitrogens with one attached hydrogen (secondary N) is 1. The van der Waals surface area contributed by atoms with Crippen molar-refractivity contribution in [2.24, 2.45) is 17.6 Å². The molecule has 2 amide bonds. The van der Waals surface area contributed by atoms with Crippen LogP contribution in [0.3, 0.4) is 0 Å². The monoisotopic (exact) mass is 357 g/mol. The van der Waals surface area contributed by atoms with Crippen LogP contribution in [-0.2, 0) is 9.59 Å². The Hall–Kier alpha value is -1.30. The van der Waals surface area contributed by atoms with Gasteiger partial charge in [0, 0.05) is 25.6 Å². The van der Waals surface area contributed by atoms with Crippen molar-refractivity contribution in [1.29, 1.82) is 0 Å². The van der Waals surface area contributed by atoms with Crippen molar-refractivity contribution < 1.29 is 9.59 Å². The van der Waals surface area contributed by atoms with Gasteiger partial charge in [0.2, 0.25) is 11.8 Å². The maximum Gasteiger partial charge on any atom is 0.227 e. The number of halogens is 2. The minimum Gasteiger partial charge on any atom is -0.352 e. The Morgan fingerprint density at radius 2 is 2.09 bits per heavy atom. The lowest BCUT2D eigenvalue weighted by atomic mass is 10.1. The molecule has 1 aromatic rings. The molecule has 1 saturated carbocycles. The number of nitrogens with zero attached hydrogens (tertiary/aromatic N) is 1. The minimum atomic E-state index is -0.337. The fourth-order valence-corrected chi connectivity index (χ4v) is 3.19. The lowest BCUT2D eigenvalue weighted by Gasteiger charge is -2.20. The highest BCUT2D eigenvalue weighted by atomic mass is 35.5. The molecule has 126 valence electrons. The highest BCUT2D eigenvalue weighted by Crippen LogP contribution is 2.33. The number of nitrogens with two attached hydrogens (primary N) is 1. The van der Waals surface area contributed by atoms with Crippen LogP contribution in [0.5, 0.6) is 0 Å². The summed E-state index contributed by atoms with van der Waals surface area (Å²) in [6, 6.07) is 7.23. The second-order valence-electron chi connectivity index (χ2n) is 6.05. The van der Waals surface area contributed by atoms with Gasteiger partial charge in [-0.05, 0) is 30.9 Å². The summed E-state index contributed by atoms with van der Waals surface area (Å²) in [5.74, 6) is 0.0246. The predicted molar refractivity (Wildman–Crippen MR) is 92.9 cm³/mol. The van der Waals surface area contributed by atoms with E-state index >= 15 is 0 Å². The summed E-state index contributed by atoms with van der Waals surface area (Å²) in [5.41, 5.74) is 6.39. The first kappa shape index (κ1) is 18.0. The van der Waals surface area contributed by atoms with E-state index in [9.17, 15) is 9.59 Å². The Morgan fingerprint density at radius 3 is 2.70 bits per heavy atom. The lowest BCUT2D eigenvalue weighted by Crippen LogP contribution is -2.45. The zero-order valence-electron chi connectivity index (χ0n) is 12.7. The zero-order valence-corrected chi connectivity index (χ0v) is 14.3. The molecule has 2 fully saturated rings. The first-order chi connectivity index (χ1) is 10.6. The van der Waals surface area contributed by atoms with Gasteiger partial charge in [-0.1, -0.05) is 23.7 Å². The molecular formula is C16H21Cl2N3O2. The maximum atomic E-state index is 12.4. The van der Waals surface area contributed by atoms with Crippen LogP contribution in [0.4, 0.5) is 5.69 Å². The molecule has 2 unspecified atom stereocenters. The van der Waals surface area contributed by atoms with Gasteiger partial charge < -0.3 is 16.0 Å². The summed E-state index contributed by atoms with van der Waals surface area (Å²) in [6.07, 6.45) is 2.47. The molecule has 1 saturated heterocycles. The van der Waals surface area contributed by atoms with Gasteiger partial charge in [0.25, 0.3) is 0 Å². The van der Waals surface area contributed by atoms with Crippen LogP contribution in [-0.4, -0.2) is 30.9 Å². The number of anilines is 1. The molecule has 2 atom stereocenters. The largest absolute Gasteiger partial charge is 0.352 e. The molecule has 23 heavy (non-hydrogen) atoms. The molecule has 1 aromatic carbocycles. The fraction of sp³-hybridized carbons (Fsp3) is 0.500. The molecule has 2 aliphatic rings. The second kappa shape index (κ2) is 7.51. The summed E-state index contributed by atoms with van der Waals surface area (Å²) in [6.45, 7) is 0.821. The third-order valence-corrected chi connectivity index (χ3v) is 4.73. The topological polar surface area (TPSA) is 75.4 Å². The number of hydrogen-bond donors (Lipinski definition) is 2. The van der Waals surface area contributed by atoms with E-state index in [0.29, 0.717) is 29.7 Å². The van der Waals surface area contributed by atoms with E-state index in [1.54, 1.807) is 17.0 Å². The lowest BCUT2D eigenvalue weighted by molar-refractivity contribution is -0.127. The van der Waals surface area contributed by atoms with Crippen molar-refractivity contribution in [3.8, 4) is 0 Å². The molecule has 0 radical (unpaired) electrons. The SMILES string of the molecule is Cl.NCC(NC(=O)C1CC(=O)N(c2ccccc2Cl)C1)C1CC1. The molecule has 1 aliphatic heterocycles. The van der Waals surface area contributed by atoms with Crippen LogP contribution in [0.15, 0.2) is 24.3 Å². The van der Waals surface area contributed by atoms with Gasteiger partial charge in [-0.2, -0.15) is 0 Å². The maximum absolute atomic E-state index is 12.4. The molecule has 1 aliphatic carbocycles. The normalized spacial score (nSPS) is 21.7. The Kier molecular flexibility index (Phi) is 5.89. The van der Waals surface area contributed by atoms with Crippen molar-refractivity contribution in [2.75, 3.05) is 18.0 Å². The van der Waals surface area contributed by atoms with Crippen LogP contribution in [0.2, 0.25) is 5.02 Å². The molecular weight excluding hydrogens is 337 g/mol. The number of carbonyl (C=O) groups is 2. The number of benzene rings is 1. The summed E-state index contributed by atoms with van der Waals surface area (Å²) in [5, 5.41) is 3.52. The minimum absolute atomic E-state index is 0. The van der Waals surface area contributed by atoms with E-state index in [-0.39, 0.29) is 42.6 Å². The Labute approximate surface area is 146 Å². The zero-order chi connectivity index (χ0) is 15.7. The summed E-state index contributed by atoms with van der Waals surface area (Å²) < 4.78 is 0. The van der Waals surface area contributed by atoms with E-state index in [1.165, 1.54) is 0 Å². The molecule has 0 aromatic heterocycles. The first-order valence-corrected chi connectivity index (χ1v) is 8.03. The Balaban J connectivity index is 0.00000192. The number of carbonyl (C=O) groups excluding carboxylic acids is 2. The van der Waals surface area contributed by atoms with Crippen LogP contribution < -0.4 is 16.0 Å². The van der Waals surface area contributed by atoms with Crippen molar-refractivity contribution in [2.45, 2.75) is 25.3 Å². The average molecular weight is 358 g/mol. The van der Waals surface area contributed by atoms with Crippen LogP contribution in [0, 0.1) is 11.8 Å². The predicted octanol–water partition coefficient (Wildman–Crippen LogP) is 1.97. The standard InChI is InChI=1S/C16H20ClN3O2.ClH/c17-12-3-1-2-4-14(12)20-9-11(7-15(20)21)16(22)19-13(8-18)10-5-6-10;/h1-4,10-11,13H,5-9,18H2,(H,19,22);1H. The van der Waals surface area contributed by atoms with Gasteiger partial charge in [0.05, 0.1) is 16.6 Å². The number of hydrogen-bond acceptors (Lipinski definition) is 3. The van der Waals surface area contributed by atoms with Crippen LogP contribution >= 0.6 is 24.0 Å². The highest BCUT2D eigenvalue weighted by Gasteiger charge is 2.38. The van der Waals surface area contributed by atoms with Crippen LogP contribution in [0.1, 0.15) is 19.3 Å². The molecule has 0 spiro atoms. The number of rotatable bonds is 5. The highest BCUT2D eigenvalue weighted by molar-refractivity contribution is 6.33. The van der Waals surface area contributed by atoms with E-state index in [0.717, 1.165) is 12.8 Å². The van der Waals surface area contributed by atoms with E-state index in [1.807, 2.05) is 12.1 Å². The molecule has 3 N–H and O–H groups in total. The number of amides is 2. The van der Waals surface area contributed by atoms with Crippen molar-refractivity contribution in [3.63, 3.8) is 0 Å². The van der Waals surface area contributed by atoms with Gasteiger partial charge in [-0.3, -0.25) is 9.59 Å². The van der Waals surface area contributed by atoms with Crippen molar-refractivity contribution in [3.05, 3.63) is 29.3 Å². The molecule has 7 heteroatoms. The van der Waals surface area contributed by atoms with Gasteiger partial charge in [0.15, 0.2) is 0 Å². The van der Waals surface area contributed by atoms with Gasteiger partial charge in [-0.15, -0.1) is 12.4 Å². The van der Waals surface area contributed by atoms with Crippen molar-refractivity contribution in [1.82, 2.24) is 5.32 Å². The molecule has 3 rings (SSSR count). The van der Waals surface area contributed by atoms with E-state index in [2.05, 4.69) is 5.32 Å². The first-order valence-electron chi connectivity index (χ1n) is 7.65. The van der Waals surface area contributed by atoms with Crippen molar-refractivity contribution >= 4 is 41.5 Å². The Morgan fingerprint density at radius 1 is 1.39 bits per heavy atom. The second-order valence-corrected chi connectivity index (χ2v) is 6.45. The number of para-hydroxylation sites is 1. The average Bonchev–Trinajstić information content (AvgIpc) is 3.28. The van der Waals surface area contributed by atoms with Gasteiger partial charge >= 0.3 is 0 Å². The quantitative estimate of drug-likeness (QED) is 0.845. The fourth-order valence-electron chi connectivity index (χ4n) is 2.96. The molecule has 5 nitrogen and oxygen atoms in total. The van der Waals surface area contributed by atoms with Gasteiger partial charge in [0.1, 0.15) is 0 Å². The van der Waals surface area contributed by atoms with E-state index < -0.39 is 0 Å². The van der Waals surface area contributed by atoms with E-state index in [4.69, 9.17) is 17.3 Å². The summed E-state index contributed by atoms with van der Waals surface area (Å²) >= 11 is 6.14. The van der Waals surface area contributed by atoms with Gasteiger partial charge in [-0.25, -0.2) is 0 Å².